The van der Waals surface area contributed by atoms with Crippen molar-refractivity contribution < 1.29 is 22.7 Å². The predicted octanol–water partition coefficient (Wildman–Crippen LogP) is 4.49. The highest BCUT2D eigenvalue weighted by Crippen LogP contribution is 2.30. The molecule has 3 rings (SSSR count). The van der Waals surface area contributed by atoms with Crippen molar-refractivity contribution in [3.63, 3.8) is 0 Å². The van der Waals surface area contributed by atoms with Gasteiger partial charge in [0, 0.05) is 12.6 Å². The van der Waals surface area contributed by atoms with Gasteiger partial charge in [-0.15, -0.1) is 0 Å². The number of nitrogens with one attached hydrogen (secondary N) is 1. The Labute approximate surface area is 229 Å². The van der Waals surface area contributed by atoms with E-state index in [-0.39, 0.29) is 34.1 Å². The normalized spacial score (nSPS) is 12.1. The van der Waals surface area contributed by atoms with Crippen molar-refractivity contribution in [1.82, 2.24) is 10.2 Å². The number of para-hydroxylation sites is 1. The van der Waals surface area contributed by atoms with E-state index in [1.165, 1.54) is 17.0 Å². The lowest BCUT2D eigenvalue weighted by Crippen LogP contribution is -2.52. The van der Waals surface area contributed by atoms with Crippen LogP contribution in [0.5, 0.6) is 5.75 Å². The Balaban J connectivity index is 2.02. The molecule has 1 N–H and O–H groups in total. The SMILES string of the molecule is COc1ccc(CN(C(=O)CN(c2ccccc2Cl)S(=O)(=O)c2ccccc2)[C@@H](C)C(=O)NC(C)C)cc1. The molecule has 0 heterocycles. The third-order valence-electron chi connectivity index (χ3n) is 5.84. The fourth-order valence-corrected chi connectivity index (χ4v) is 5.54. The number of hydrogen-bond acceptors (Lipinski definition) is 5. The molecule has 202 valence electrons. The van der Waals surface area contributed by atoms with E-state index in [1.807, 2.05) is 13.8 Å². The summed E-state index contributed by atoms with van der Waals surface area (Å²) in [5, 5.41) is 3.00. The molecule has 0 aliphatic rings. The quantitative estimate of drug-likeness (QED) is 0.375. The maximum atomic E-state index is 13.8. The molecule has 10 heteroatoms. The zero-order valence-corrected chi connectivity index (χ0v) is 23.4. The molecule has 2 amide bonds. The molecule has 3 aromatic carbocycles. The van der Waals surface area contributed by atoms with Crippen LogP contribution in [0.15, 0.2) is 83.8 Å². The van der Waals surface area contributed by atoms with Crippen LogP contribution in [-0.2, 0) is 26.2 Å². The lowest BCUT2D eigenvalue weighted by Gasteiger charge is -2.32. The van der Waals surface area contributed by atoms with E-state index in [1.54, 1.807) is 80.8 Å². The van der Waals surface area contributed by atoms with Crippen molar-refractivity contribution in [2.45, 2.75) is 44.3 Å². The van der Waals surface area contributed by atoms with Crippen LogP contribution in [0.2, 0.25) is 5.02 Å². The largest absolute Gasteiger partial charge is 0.497 e. The summed E-state index contributed by atoms with van der Waals surface area (Å²) in [6, 6.07) is 20.3. The third-order valence-corrected chi connectivity index (χ3v) is 7.93. The number of halogens is 1. The number of carbonyl (C=O) groups is 2. The molecular formula is C28H32ClN3O5S. The number of sulfonamides is 1. The molecular weight excluding hydrogens is 526 g/mol. The van der Waals surface area contributed by atoms with Gasteiger partial charge in [0.2, 0.25) is 11.8 Å². The van der Waals surface area contributed by atoms with Crippen LogP contribution >= 0.6 is 11.6 Å². The highest BCUT2D eigenvalue weighted by Gasteiger charge is 2.33. The number of amides is 2. The number of nitrogens with zero attached hydrogens (tertiary/aromatic N) is 2. The van der Waals surface area contributed by atoms with Gasteiger partial charge in [-0.25, -0.2) is 8.42 Å². The lowest BCUT2D eigenvalue weighted by atomic mass is 10.1. The maximum absolute atomic E-state index is 13.8. The Morgan fingerprint density at radius 2 is 1.53 bits per heavy atom. The van der Waals surface area contributed by atoms with Gasteiger partial charge in [-0.05, 0) is 62.7 Å². The Bertz CT molecular complexity index is 1350. The molecule has 0 fully saturated rings. The lowest BCUT2D eigenvalue weighted by molar-refractivity contribution is -0.139. The van der Waals surface area contributed by atoms with Gasteiger partial charge in [0.1, 0.15) is 18.3 Å². The van der Waals surface area contributed by atoms with Crippen molar-refractivity contribution in [3.8, 4) is 5.75 Å². The topological polar surface area (TPSA) is 96.0 Å². The fraction of sp³-hybridized carbons (Fsp3) is 0.286. The monoisotopic (exact) mass is 557 g/mol. The molecule has 0 saturated heterocycles. The zero-order valence-electron chi connectivity index (χ0n) is 21.8. The van der Waals surface area contributed by atoms with Crippen molar-refractivity contribution in [2.75, 3.05) is 18.0 Å². The average Bonchev–Trinajstić information content (AvgIpc) is 2.90. The molecule has 0 spiro atoms. The van der Waals surface area contributed by atoms with Crippen molar-refractivity contribution in [3.05, 3.63) is 89.4 Å². The van der Waals surface area contributed by atoms with E-state index in [4.69, 9.17) is 16.3 Å². The van der Waals surface area contributed by atoms with E-state index in [0.717, 1.165) is 9.87 Å². The van der Waals surface area contributed by atoms with Crippen LogP contribution in [0, 0.1) is 0 Å². The van der Waals surface area contributed by atoms with E-state index in [9.17, 15) is 18.0 Å². The van der Waals surface area contributed by atoms with Gasteiger partial charge in [-0.1, -0.05) is 54.1 Å². The molecule has 0 saturated carbocycles. The predicted molar refractivity (Wildman–Crippen MR) is 149 cm³/mol. The average molecular weight is 558 g/mol. The summed E-state index contributed by atoms with van der Waals surface area (Å²) in [5.74, 6) is -0.264. The third kappa shape index (κ3) is 7.05. The number of hydrogen-bond donors (Lipinski definition) is 1. The van der Waals surface area contributed by atoms with Gasteiger partial charge in [0.15, 0.2) is 0 Å². The molecule has 8 nitrogen and oxygen atoms in total. The molecule has 0 radical (unpaired) electrons. The van der Waals surface area contributed by atoms with Crippen LogP contribution in [0.1, 0.15) is 26.3 Å². The standard InChI is InChI=1S/C28H32ClN3O5S/c1-20(2)30-28(34)21(3)31(18-22-14-16-23(37-4)17-15-22)27(33)19-32(26-13-9-8-12-25(26)29)38(35,36)24-10-6-5-7-11-24/h5-17,20-21H,18-19H2,1-4H3,(H,30,34)/t21-/m0/s1. The second kappa shape index (κ2) is 12.8. The summed E-state index contributed by atoms with van der Waals surface area (Å²) >= 11 is 6.40. The molecule has 0 aromatic heterocycles. The van der Waals surface area contributed by atoms with Gasteiger partial charge >= 0.3 is 0 Å². The second-order valence-electron chi connectivity index (χ2n) is 8.99. The number of anilines is 1. The summed E-state index contributed by atoms with van der Waals surface area (Å²) in [6.07, 6.45) is 0. The van der Waals surface area contributed by atoms with Crippen LogP contribution in [0.3, 0.4) is 0 Å². The molecule has 0 bridgehead atoms. The van der Waals surface area contributed by atoms with E-state index in [0.29, 0.717) is 5.75 Å². The summed E-state index contributed by atoms with van der Waals surface area (Å²) in [5.41, 5.74) is 0.911. The second-order valence-corrected chi connectivity index (χ2v) is 11.3. The molecule has 0 aliphatic heterocycles. The van der Waals surface area contributed by atoms with Crippen molar-refractivity contribution in [2.24, 2.45) is 0 Å². The summed E-state index contributed by atoms with van der Waals surface area (Å²) in [4.78, 5) is 28.2. The Morgan fingerprint density at radius 1 is 0.921 bits per heavy atom. The molecule has 3 aromatic rings. The first-order valence-corrected chi connectivity index (χ1v) is 13.9. The fourth-order valence-electron chi connectivity index (χ4n) is 3.80. The molecule has 1 atom stereocenters. The summed E-state index contributed by atoms with van der Waals surface area (Å²) in [7, 11) is -2.61. The van der Waals surface area contributed by atoms with Crippen LogP contribution in [0.25, 0.3) is 0 Å². The first-order valence-electron chi connectivity index (χ1n) is 12.1. The van der Waals surface area contributed by atoms with E-state index >= 15 is 0 Å². The first kappa shape index (κ1) is 29.0. The number of methoxy groups -OCH3 is 1. The van der Waals surface area contributed by atoms with Gasteiger partial charge in [0.05, 0.1) is 22.7 Å². The number of benzene rings is 3. The minimum atomic E-state index is -4.17. The summed E-state index contributed by atoms with van der Waals surface area (Å²) in [6.45, 7) is 4.79. The number of carbonyl (C=O) groups excluding carboxylic acids is 2. The molecule has 38 heavy (non-hydrogen) atoms. The maximum Gasteiger partial charge on any atom is 0.264 e. The Hall–Kier alpha value is -3.56. The number of ether oxygens (including phenoxy) is 1. The molecule has 0 unspecified atom stereocenters. The minimum absolute atomic E-state index is 0.0139. The molecule has 0 aliphatic carbocycles. The zero-order chi connectivity index (χ0) is 27.9. The van der Waals surface area contributed by atoms with Gasteiger partial charge in [-0.3, -0.25) is 13.9 Å². The Morgan fingerprint density at radius 3 is 2.11 bits per heavy atom. The Kier molecular flexibility index (Phi) is 9.77. The van der Waals surface area contributed by atoms with Crippen LogP contribution < -0.4 is 14.4 Å². The summed E-state index contributed by atoms with van der Waals surface area (Å²) < 4.78 is 33.6. The number of rotatable bonds is 11. The van der Waals surface area contributed by atoms with Crippen LogP contribution in [0.4, 0.5) is 5.69 Å². The van der Waals surface area contributed by atoms with Gasteiger partial charge in [-0.2, -0.15) is 0 Å². The van der Waals surface area contributed by atoms with Crippen molar-refractivity contribution >= 4 is 39.1 Å². The smallest absolute Gasteiger partial charge is 0.264 e. The van der Waals surface area contributed by atoms with E-state index < -0.39 is 28.5 Å². The minimum Gasteiger partial charge on any atom is -0.497 e. The highest BCUT2D eigenvalue weighted by atomic mass is 35.5. The van der Waals surface area contributed by atoms with Crippen molar-refractivity contribution in [1.29, 1.82) is 0 Å². The van der Waals surface area contributed by atoms with Crippen LogP contribution in [-0.4, -0.2) is 50.9 Å². The van der Waals surface area contributed by atoms with Gasteiger partial charge in [0.25, 0.3) is 10.0 Å². The van der Waals surface area contributed by atoms with E-state index in [2.05, 4.69) is 5.32 Å². The highest BCUT2D eigenvalue weighted by molar-refractivity contribution is 7.92. The first-order chi connectivity index (χ1) is 18.0. The van der Waals surface area contributed by atoms with Gasteiger partial charge < -0.3 is 15.0 Å².